The molecule has 2 N–H and O–H groups in total. The molecular formula is C16H15NO4S. The lowest BCUT2D eigenvalue weighted by Gasteiger charge is -2.11. The highest BCUT2D eigenvalue weighted by Gasteiger charge is 2.29. The quantitative estimate of drug-likeness (QED) is 0.877. The maximum absolute atomic E-state index is 12.2. The number of hydrogen-bond acceptors (Lipinski definition) is 5. The summed E-state index contributed by atoms with van der Waals surface area (Å²) in [6.07, 6.45) is 0. The van der Waals surface area contributed by atoms with Gasteiger partial charge in [-0.2, -0.15) is 0 Å². The molecule has 6 heteroatoms. The summed E-state index contributed by atoms with van der Waals surface area (Å²) >= 11 is 0. The Morgan fingerprint density at radius 3 is 2.50 bits per heavy atom. The van der Waals surface area contributed by atoms with E-state index in [1.807, 2.05) is 12.1 Å². The first kappa shape index (κ1) is 14.5. The minimum absolute atomic E-state index is 0.121. The molecule has 3 rings (SSSR count). The minimum Gasteiger partial charge on any atom is -0.493 e. The molecule has 2 aromatic carbocycles. The second-order valence-corrected chi connectivity index (χ2v) is 6.59. The molecule has 0 atom stereocenters. The molecule has 0 aliphatic carbocycles. The van der Waals surface area contributed by atoms with E-state index in [2.05, 4.69) is 0 Å². The van der Waals surface area contributed by atoms with Crippen LogP contribution in [0.25, 0.3) is 5.57 Å². The maximum atomic E-state index is 12.2. The van der Waals surface area contributed by atoms with Crippen LogP contribution in [0.1, 0.15) is 5.56 Å². The van der Waals surface area contributed by atoms with Crippen LogP contribution in [0.5, 0.6) is 11.5 Å². The van der Waals surface area contributed by atoms with Gasteiger partial charge in [-0.1, -0.05) is 24.3 Å². The van der Waals surface area contributed by atoms with Crippen molar-refractivity contribution in [1.82, 2.24) is 0 Å². The molecule has 0 fully saturated rings. The monoisotopic (exact) mass is 317 g/mol. The predicted octanol–water partition coefficient (Wildman–Crippen LogP) is 2.48. The first-order valence-electron chi connectivity index (χ1n) is 6.63. The number of nitrogens with two attached hydrogens (primary N) is 1. The van der Waals surface area contributed by atoms with Gasteiger partial charge in [-0.3, -0.25) is 0 Å². The third-order valence-corrected chi connectivity index (χ3v) is 5.05. The lowest BCUT2D eigenvalue weighted by molar-refractivity contribution is 0.331. The molecule has 0 unspecified atom stereocenters. The van der Waals surface area contributed by atoms with Crippen LogP contribution in [-0.2, 0) is 9.84 Å². The standard InChI is InChI=1S/C16H15NO4S/c1-20-14-7-2-3-8-15(14)21-9-11-10-22(18,19)16-12(11)5-4-6-13(16)17/h2-8,10H,9,17H2,1H3. The van der Waals surface area contributed by atoms with E-state index in [1.54, 1.807) is 37.4 Å². The van der Waals surface area contributed by atoms with Crippen LogP contribution in [0, 0.1) is 0 Å². The third-order valence-electron chi connectivity index (χ3n) is 3.43. The number of sulfone groups is 1. The van der Waals surface area contributed by atoms with Gasteiger partial charge in [-0.05, 0) is 18.2 Å². The number of benzene rings is 2. The van der Waals surface area contributed by atoms with E-state index in [4.69, 9.17) is 15.2 Å². The Kier molecular flexibility index (Phi) is 3.54. The van der Waals surface area contributed by atoms with Crippen molar-refractivity contribution < 1.29 is 17.9 Å². The summed E-state index contributed by atoms with van der Waals surface area (Å²) in [5.74, 6) is 1.15. The van der Waals surface area contributed by atoms with Gasteiger partial charge < -0.3 is 15.2 Å². The van der Waals surface area contributed by atoms with Gasteiger partial charge in [0.15, 0.2) is 11.5 Å². The summed E-state index contributed by atoms with van der Waals surface area (Å²) in [6, 6.07) is 12.2. The van der Waals surface area contributed by atoms with Gasteiger partial charge >= 0.3 is 0 Å². The van der Waals surface area contributed by atoms with Crippen LogP contribution >= 0.6 is 0 Å². The van der Waals surface area contributed by atoms with Crippen molar-refractivity contribution in [2.75, 3.05) is 19.5 Å². The zero-order chi connectivity index (χ0) is 15.7. The third kappa shape index (κ3) is 2.42. The topological polar surface area (TPSA) is 78.6 Å². The van der Waals surface area contributed by atoms with Crippen LogP contribution in [0.4, 0.5) is 5.69 Å². The fraction of sp³-hybridized carbons (Fsp3) is 0.125. The Bertz CT molecular complexity index is 856. The molecule has 0 radical (unpaired) electrons. The summed E-state index contributed by atoms with van der Waals surface area (Å²) in [7, 11) is -1.95. The van der Waals surface area contributed by atoms with E-state index in [-0.39, 0.29) is 17.2 Å². The average molecular weight is 317 g/mol. The van der Waals surface area contributed by atoms with E-state index < -0.39 is 9.84 Å². The van der Waals surface area contributed by atoms with Crippen molar-refractivity contribution in [3.05, 3.63) is 53.4 Å². The summed E-state index contributed by atoms with van der Waals surface area (Å²) in [5.41, 5.74) is 7.21. The minimum atomic E-state index is -3.50. The van der Waals surface area contributed by atoms with Crippen molar-refractivity contribution in [1.29, 1.82) is 0 Å². The van der Waals surface area contributed by atoms with Crippen LogP contribution in [0.2, 0.25) is 0 Å². The molecule has 0 aromatic heterocycles. The molecule has 2 aromatic rings. The predicted molar refractivity (Wildman–Crippen MR) is 84.5 cm³/mol. The summed E-state index contributed by atoms with van der Waals surface area (Å²) in [4.78, 5) is 0.161. The molecule has 0 saturated carbocycles. The van der Waals surface area contributed by atoms with E-state index in [1.165, 1.54) is 5.41 Å². The van der Waals surface area contributed by atoms with Crippen LogP contribution in [0.3, 0.4) is 0 Å². The summed E-state index contributed by atoms with van der Waals surface area (Å²) in [6.45, 7) is 0.121. The summed E-state index contributed by atoms with van der Waals surface area (Å²) in [5, 5.41) is 1.21. The molecule has 114 valence electrons. The molecule has 1 heterocycles. The number of anilines is 1. The molecule has 5 nitrogen and oxygen atoms in total. The van der Waals surface area contributed by atoms with Crippen molar-refractivity contribution in [3.8, 4) is 11.5 Å². The highest BCUT2D eigenvalue weighted by atomic mass is 32.2. The first-order valence-corrected chi connectivity index (χ1v) is 8.18. The largest absolute Gasteiger partial charge is 0.493 e. The van der Waals surface area contributed by atoms with Crippen LogP contribution < -0.4 is 15.2 Å². The van der Waals surface area contributed by atoms with Gasteiger partial charge in [0.1, 0.15) is 11.5 Å². The molecule has 1 aliphatic rings. The molecule has 0 bridgehead atoms. The number of methoxy groups -OCH3 is 1. The number of hydrogen-bond donors (Lipinski definition) is 1. The second kappa shape index (κ2) is 5.38. The Morgan fingerprint density at radius 1 is 1.05 bits per heavy atom. The Labute approximate surface area is 128 Å². The highest BCUT2D eigenvalue weighted by Crippen LogP contribution is 2.37. The van der Waals surface area contributed by atoms with Gasteiger partial charge in [0.25, 0.3) is 0 Å². The fourth-order valence-electron chi connectivity index (χ4n) is 2.44. The van der Waals surface area contributed by atoms with Gasteiger partial charge in [-0.25, -0.2) is 8.42 Å². The van der Waals surface area contributed by atoms with Crippen LogP contribution in [0.15, 0.2) is 52.8 Å². The number of nitrogen functional groups attached to an aromatic ring is 1. The summed E-state index contributed by atoms with van der Waals surface area (Å²) < 4.78 is 35.3. The number of fused-ring (bicyclic) bond motifs is 1. The van der Waals surface area contributed by atoms with Crippen molar-refractivity contribution in [2.24, 2.45) is 0 Å². The SMILES string of the molecule is COc1ccccc1OCC1=CS(=O)(=O)c2c(N)cccc21. The van der Waals surface area contributed by atoms with Gasteiger partial charge in [0, 0.05) is 16.5 Å². The molecular weight excluding hydrogens is 302 g/mol. The Hall–Kier alpha value is -2.47. The maximum Gasteiger partial charge on any atom is 0.202 e. The van der Waals surface area contributed by atoms with Crippen LogP contribution in [-0.4, -0.2) is 22.1 Å². The lowest BCUT2D eigenvalue weighted by Crippen LogP contribution is -2.02. The molecule has 0 spiro atoms. The fourth-order valence-corrected chi connectivity index (χ4v) is 4.03. The zero-order valence-corrected chi connectivity index (χ0v) is 12.8. The smallest absolute Gasteiger partial charge is 0.202 e. The first-order chi connectivity index (χ1) is 10.5. The van der Waals surface area contributed by atoms with Crippen molar-refractivity contribution >= 4 is 21.1 Å². The number of rotatable bonds is 4. The van der Waals surface area contributed by atoms with Crippen molar-refractivity contribution in [2.45, 2.75) is 4.90 Å². The van der Waals surface area contributed by atoms with Crippen molar-refractivity contribution in [3.63, 3.8) is 0 Å². The highest BCUT2D eigenvalue weighted by molar-refractivity contribution is 7.95. The van der Waals surface area contributed by atoms with Gasteiger partial charge in [0.2, 0.25) is 9.84 Å². The van der Waals surface area contributed by atoms with E-state index >= 15 is 0 Å². The zero-order valence-electron chi connectivity index (χ0n) is 11.9. The van der Waals surface area contributed by atoms with E-state index in [0.29, 0.717) is 22.6 Å². The molecule has 22 heavy (non-hydrogen) atoms. The second-order valence-electron chi connectivity index (χ2n) is 4.85. The average Bonchev–Trinajstić information content (AvgIpc) is 2.77. The Morgan fingerprint density at radius 2 is 1.77 bits per heavy atom. The normalized spacial score (nSPS) is 15.0. The van der Waals surface area contributed by atoms with E-state index in [9.17, 15) is 8.42 Å². The van der Waals surface area contributed by atoms with Gasteiger partial charge in [0.05, 0.1) is 12.8 Å². The molecule has 0 saturated heterocycles. The molecule has 0 amide bonds. The number of ether oxygens (including phenoxy) is 2. The van der Waals surface area contributed by atoms with Gasteiger partial charge in [-0.15, -0.1) is 0 Å². The van der Waals surface area contributed by atoms with E-state index in [0.717, 1.165) is 0 Å². The lowest BCUT2D eigenvalue weighted by atomic mass is 10.1. The molecule has 1 aliphatic heterocycles. The Balaban J connectivity index is 1.91. The number of para-hydroxylation sites is 2.